The fraction of sp³-hybridized carbons (Fsp3) is 0.353. The lowest BCUT2D eigenvalue weighted by molar-refractivity contribution is -0.119. The normalized spacial score (nSPS) is 11.8. The molecule has 6 nitrogen and oxygen atoms in total. The number of likely N-dealkylation sites (N-methyl/N-ethyl adjacent to an activating group) is 1. The minimum Gasteiger partial charge on any atom is -0.358 e. The van der Waals surface area contributed by atoms with E-state index in [4.69, 9.17) is 4.52 Å². The van der Waals surface area contributed by atoms with Crippen LogP contribution in [0, 0.1) is 5.82 Å². The van der Waals surface area contributed by atoms with Crippen molar-refractivity contribution < 1.29 is 18.5 Å². The van der Waals surface area contributed by atoms with Gasteiger partial charge in [-0.2, -0.15) is 0 Å². The Balaban J connectivity index is 2.33. The Morgan fingerprint density at radius 1 is 1.38 bits per heavy atom. The lowest BCUT2D eigenvalue weighted by Crippen LogP contribution is -2.39. The van der Waals surface area contributed by atoms with Gasteiger partial charge in [-0.25, -0.2) is 4.39 Å². The third-order valence-corrected chi connectivity index (χ3v) is 3.80. The molecule has 1 aromatic carbocycles. The van der Waals surface area contributed by atoms with Gasteiger partial charge >= 0.3 is 0 Å². The van der Waals surface area contributed by atoms with E-state index in [0.29, 0.717) is 5.69 Å². The first-order valence-corrected chi connectivity index (χ1v) is 7.70. The number of nitrogens with one attached hydrogen (secondary N) is 1. The Morgan fingerprint density at radius 3 is 2.75 bits per heavy atom. The van der Waals surface area contributed by atoms with E-state index in [1.807, 2.05) is 13.8 Å². The number of amides is 2. The van der Waals surface area contributed by atoms with Gasteiger partial charge in [0.1, 0.15) is 12.4 Å². The summed E-state index contributed by atoms with van der Waals surface area (Å²) in [6.45, 7) is 3.73. The van der Waals surface area contributed by atoms with Crippen LogP contribution in [-0.2, 0) is 4.79 Å². The van der Waals surface area contributed by atoms with E-state index in [-0.39, 0.29) is 29.8 Å². The molecule has 0 unspecified atom stereocenters. The molecule has 0 saturated carbocycles. The molecule has 2 aromatic rings. The Bertz CT molecular complexity index is 729. The van der Waals surface area contributed by atoms with Gasteiger partial charge in [-0.3, -0.25) is 14.5 Å². The fourth-order valence-corrected chi connectivity index (χ4v) is 2.11. The second-order valence-electron chi connectivity index (χ2n) is 5.47. The van der Waals surface area contributed by atoms with Gasteiger partial charge < -0.3 is 9.84 Å². The van der Waals surface area contributed by atoms with Crippen molar-refractivity contribution in [3.63, 3.8) is 0 Å². The first-order chi connectivity index (χ1) is 11.5. The van der Waals surface area contributed by atoms with Crippen LogP contribution in [0.1, 0.15) is 42.4 Å². The first-order valence-electron chi connectivity index (χ1n) is 7.70. The Hall–Kier alpha value is -2.70. The third kappa shape index (κ3) is 3.98. The van der Waals surface area contributed by atoms with Crippen molar-refractivity contribution in [3.05, 3.63) is 47.6 Å². The maximum atomic E-state index is 13.5. The van der Waals surface area contributed by atoms with E-state index >= 15 is 0 Å². The van der Waals surface area contributed by atoms with E-state index in [2.05, 4.69) is 10.5 Å². The summed E-state index contributed by atoms with van der Waals surface area (Å²) in [6, 6.07) is 7.04. The SMILES string of the molecule is CC[C@H](C)c1cc(C(=O)N(CC(=O)NC)c2cccc(F)c2)on1. The number of hydrogen-bond acceptors (Lipinski definition) is 4. The fourth-order valence-electron chi connectivity index (χ4n) is 2.11. The Labute approximate surface area is 139 Å². The highest BCUT2D eigenvalue weighted by Crippen LogP contribution is 2.22. The van der Waals surface area contributed by atoms with Gasteiger partial charge in [0, 0.05) is 24.7 Å². The van der Waals surface area contributed by atoms with Gasteiger partial charge in [0.15, 0.2) is 0 Å². The zero-order valence-corrected chi connectivity index (χ0v) is 13.9. The molecule has 0 fully saturated rings. The van der Waals surface area contributed by atoms with Crippen molar-refractivity contribution in [1.29, 1.82) is 0 Å². The number of anilines is 1. The van der Waals surface area contributed by atoms with Gasteiger partial charge in [0.25, 0.3) is 5.91 Å². The van der Waals surface area contributed by atoms with Gasteiger partial charge in [0.05, 0.1) is 5.69 Å². The maximum absolute atomic E-state index is 13.5. The van der Waals surface area contributed by atoms with Crippen LogP contribution in [0.5, 0.6) is 0 Å². The van der Waals surface area contributed by atoms with Crippen molar-refractivity contribution in [2.45, 2.75) is 26.2 Å². The summed E-state index contributed by atoms with van der Waals surface area (Å²) >= 11 is 0. The van der Waals surface area contributed by atoms with Gasteiger partial charge in [-0.05, 0) is 24.6 Å². The highest BCUT2D eigenvalue weighted by atomic mass is 19.1. The molecule has 2 rings (SSSR count). The van der Waals surface area contributed by atoms with Gasteiger partial charge in [-0.15, -0.1) is 0 Å². The molecule has 0 aliphatic carbocycles. The van der Waals surface area contributed by atoms with Crippen molar-refractivity contribution in [2.75, 3.05) is 18.5 Å². The second-order valence-corrected chi connectivity index (χ2v) is 5.47. The number of nitrogens with zero attached hydrogens (tertiary/aromatic N) is 2. The molecule has 0 aliphatic rings. The topological polar surface area (TPSA) is 75.4 Å². The molecule has 0 aliphatic heterocycles. The molecule has 0 spiro atoms. The lowest BCUT2D eigenvalue weighted by Gasteiger charge is -2.20. The number of hydrogen-bond donors (Lipinski definition) is 1. The quantitative estimate of drug-likeness (QED) is 0.882. The van der Waals surface area contributed by atoms with Crippen LogP contribution in [0.4, 0.5) is 10.1 Å². The molecule has 0 radical (unpaired) electrons. The maximum Gasteiger partial charge on any atom is 0.297 e. The van der Waals surface area contributed by atoms with E-state index in [9.17, 15) is 14.0 Å². The van der Waals surface area contributed by atoms with E-state index in [1.165, 1.54) is 25.2 Å². The largest absolute Gasteiger partial charge is 0.358 e. The monoisotopic (exact) mass is 333 g/mol. The third-order valence-electron chi connectivity index (χ3n) is 3.80. The van der Waals surface area contributed by atoms with E-state index in [1.54, 1.807) is 12.1 Å². The highest BCUT2D eigenvalue weighted by Gasteiger charge is 2.25. The minimum absolute atomic E-state index is 0.0125. The summed E-state index contributed by atoms with van der Waals surface area (Å²) in [7, 11) is 1.46. The molecular weight excluding hydrogens is 313 g/mol. The molecule has 1 aromatic heterocycles. The molecule has 2 amide bonds. The predicted molar refractivity (Wildman–Crippen MR) is 87.4 cm³/mol. The average Bonchev–Trinajstić information content (AvgIpc) is 3.08. The summed E-state index contributed by atoms with van der Waals surface area (Å²) in [4.78, 5) is 25.6. The van der Waals surface area contributed by atoms with Crippen LogP contribution in [-0.4, -0.2) is 30.6 Å². The van der Waals surface area contributed by atoms with E-state index in [0.717, 1.165) is 11.3 Å². The zero-order chi connectivity index (χ0) is 17.7. The van der Waals surface area contributed by atoms with Crippen LogP contribution in [0.15, 0.2) is 34.9 Å². The van der Waals surface area contributed by atoms with Crippen LogP contribution in [0.25, 0.3) is 0 Å². The summed E-state index contributed by atoms with van der Waals surface area (Å²) in [5.41, 5.74) is 0.935. The number of carbonyl (C=O) groups is 2. The summed E-state index contributed by atoms with van der Waals surface area (Å²) in [5, 5.41) is 6.35. The predicted octanol–water partition coefficient (Wildman–Crippen LogP) is 2.72. The summed E-state index contributed by atoms with van der Waals surface area (Å²) in [5.74, 6) is -1.27. The van der Waals surface area contributed by atoms with Crippen molar-refractivity contribution in [1.82, 2.24) is 10.5 Å². The zero-order valence-electron chi connectivity index (χ0n) is 13.9. The number of benzene rings is 1. The Kier molecular flexibility index (Phi) is 5.68. The first kappa shape index (κ1) is 17.7. The molecular formula is C17H20FN3O3. The highest BCUT2D eigenvalue weighted by molar-refractivity contribution is 6.07. The van der Waals surface area contributed by atoms with Gasteiger partial charge in [0.2, 0.25) is 11.7 Å². The molecule has 7 heteroatoms. The standard InChI is InChI=1S/C17H20FN3O3/c1-4-11(2)14-9-15(24-20-14)17(23)21(10-16(22)19-3)13-7-5-6-12(18)8-13/h5-9,11H,4,10H2,1-3H3,(H,19,22)/t11-/m0/s1. The Morgan fingerprint density at radius 2 is 2.12 bits per heavy atom. The summed E-state index contributed by atoms with van der Waals surface area (Å²) in [6.07, 6.45) is 0.853. The van der Waals surface area contributed by atoms with Gasteiger partial charge in [-0.1, -0.05) is 25.1 Å². The smallest absolute Gasteiger partial charge is 0.297 e. The number of carbonyl (C=O) groups excluding carboxylic acids is 2. The van der Waals surface area contributed by atoms with Crippen LogP contribution >= 0.6 is 0 Å². The van der Waals surface area contributed by atoms with Crippen LogP contribution in [0.3, 0.4) is 0 Å². The number of rotatable bonds is 6. The second kappa shape index (κ2) is 7.72. The van der Waals surface area contributed by atoms with Crippen molar-refractivity contribution >= 4 is 17.5 Å². The molecule has 1 heterocycles. The van der Waals surface area contributed by atoms with Crippen molar-refractivity contribution in [3.8, 4) is 0 Å². The lowest BCUT2D eigenvalue weighted by atomic mass is 10.1. The van der Waals surface area contributed by atoms with Crippen molar-refractivity contribution in [2.24, 2.45) is 0 Å². The minimum atomic E-state index is -0.550. The molecule has 128 valence electrons. The average molecular weight is 333 g/mol. The molecule has 0 saturated heterocycles. The number of aromatic nitrogens is 1. The summed E-state index contributed by atoms with van der Waals surface area (Å²) < 4.78 is 18.6. The number of halogens is 1. The molecule has 0 bridgehead atoms. The van der Waals surface area contributed by atoms with E-state index < -0.39 is 11.7 Å². The molecule has 1 atom stereocenters. The van der Waals surface area contributed by atoms with Crippen LogP contribution < -0.4 is 10.2 Å². The molecule has 1 N–H and O–H groups in total. The van der Waals surface area contributed by atoms with Crippen LogP contribution in [0.2, 0.25) is 0 Å². The molecule has 24 heavy (non-hydrogen) atoms.